The van der Waals surface area contributed by atoms with Crippen molar-refractivity contribution in [2.24, 2.45) is 0 Å². The van der Waals surface area contributed by atoms with Crippen molar-refractivity contribution in [2.45, 2.75) is 19.1 Å². The van der Waals surface area contributed by atoms with Gasteiger partial charge in [0.25, 0.3) is 0 Å². The van der Waals surface area contributed by atoms with Gasteiger partial charge in [-0.2, -0.15) is 11.8 Å². The number of amides is 1. The van der Waals surface area contributed by atoms with Gasteiger partial charge in [-0.05, 0) is 24.6 Å². The molecule has 0 radical (unpaired) electrons. The Kier molecular flexibility index (Phi) is 3.89. The van der Waals surface area contributed by atoms with Crippen molar-refractivity contribution in [1.29, 1.82) is 0 Å². The van der Waals surface area contributed by atoms with Crippen molar-refractivity contribution in [2.75, 3.05) is 18.6 Å². The van der Waals surface area contributed by atoms with Crippen LogP contribution in [-0.2, 0) is 4.79 Å². The lowest BCUT2D eigenvalue weighted by atomic mass is 10.2. The Bertz CT molecular complexity index is 353. The number of rotatable bonds is 4. The van der Waals surface area contributed by atoms with Crippen LogP contribution in [0.4, 0.5) is 0 Å². The molecular weight excluding hydrogens is 240 g/mol. The van der Waals surface area contributed by atoms with Crippen molar-refractivity contribution in [3.8, 4) is 0 Å². The number of carbonyl (C=O) groups excluding carboxylic acids is 1. The Labute approximate surface area is 104 Å². The molecule has 1 fully saturated rings. The highest BCUT2D eigenvalue weighted by Gasteiger charge is 2.35. The lowest BCUT2D eigenvalue weighted by Gasteiger charge is -2.29. The number of hydrogen-bond donors (Lipinski definition) is 1. The first-order chi connectivity index (χ1) is 7.74. The van der Waals surface area contributed by atoms with Gasteiger partial charge in [-0.25, -0.2) is 0 Å². The van der Waals surface area contributed by atoms with Gasteiger partial charge in [0, 0.05) is 16.7 Å². The van der Waals surface area contributed by atoms with E-state index in [9.17, 15) is 4.79 Å². The Hall–Kier alpha value is -0.520. The molecule has 2 atom stereocenters. The van der Waals surface area contributed by atoms with Gasteiger partial charge >= 0.3 is 0 Å². The summed E-state index contributed by atoms with van der Waals surface area (Å²) in [5, 5.41) is 5.33. The van der Waals surface area contributed by atoms with E-state index in [2.05, 4.69) is 29.9 Å². The van der Waals surface area contributed by atoms with Gasteiger partial charge in [-0.3, -0.25) is 10.1 Å². The van der Waals surface area contributed by atoms with Crippen LogP contribution in [0.25, 0.3) is 0 Å². The SMILES string of the molecule is CSCC(C)N1C(=O)CNC1c1cccs1. The zero-order chi connectivity index (χ0) is 11.5. The van der Waals surface area contributed by atoms with Crippen molar-refractivity contribution in [3.63, 3.8) is 0 Å². The molecule has 1 amide bonds. The summed E-state index contributed by atoms with van der Waals surface area (Å²) in [6, 6.07) is 4.39. The van der Waals surface area contributed by atoms with Crippen LogP contribution in [0, 0.1) is 0 Å². The summed E-state index contributed by atoms with van der Waals surface area (Å²) in [7, 11) is 0. The van der Waals surface area contributed by atoms with Crippen LogP contribution >= 0.6 is 23.1 Å². The average Bonchev–Trinajstić information content (AvgIpc) is 2.86. The van der Waals surface area contributed by atoms with Crippen LogP contribution < -0.4 is 5.32 Å². The molecule has 2 unspecified atom stereocenters. The van der Waals surface area contributed by atoms with E-state index < -0.39 is 0 Å². The Morgan fingerprint density at radius 3 is 3.19 bits per heavy atom. The van der Waals surface area contributed by atoms with Gasteiger partial charge in [0.2, 0.25) is 5.91 Å². The third-order valence-electron chi connectivity index (χ3n) is 2.71. The van der Waals surface area contributed by atoms with Crippen LogP contribution in [0.1, 0.15) is 18.0 Å². The van der Waals surface area contributed by atoms with E-state index in [0.29, 0.717) is 6.54 Å². The van der Waals surface area contributed by atoms with E-state index in [-0.39, 0.29) is 18.1 Å². The van der Waals surface area contributed by atoms with Crippen LogP contribution in [0.2, 0.25) is 0 Å². The minimum Gasteiger partial charge on any atom is -0.317 e. The molecule has 5 heteroatoms. The summed E-state index contributed by atoms with van der Waals surface area (Å²) in [5.41, 5.74) is 0. The van der Waals surface area contributed by atoms with Crippen molar-refractivity contribution >= 4 is 29.0 Å². The molecule has 88 valence electrons. The second-order valence-corrected chi connectivity index (χ2v) is 5.79. The Morgan fingerprint density at radius 2 is 2.56 bits per heavy atom. The van der Waals surface area contributed by atoms with E-state index in [1.807, 2.05) is 11.0 Å². The van der Waals surface area contributed by atoms with E-state index in [4.69, 9.17) is 0 Å². The van der Waals surface area contributed by atoms with Gasteiger partial charge in [-0.15, -0.1) is 11.3 Å². The van der Waals surface area contributed by atoms with Gasteiger partial charge in [0.15, 0.2) is 0 Å². The Morgan fingerprint density at radius 1 is 1.75 bits per heavy atom. The van der Waals surface area contributed by atoms with Crippen LogP contribution in [0.3, 0.4) is 0 Å². The minimum atomic E-state index is 0.0784. The molecule has 2 rings (SSSR count). The maximum Gasteiger partial charge on any atom is 0.238 e. The molecule has 0 aromatic carbocycles. The summed E-state index contributed by atoms with van der Waals surface area (Å²) in [5.74, 6) is 1.19. The van der Waals surface area contributed by atoms with Gasteiger partial charge < -0.3 is 4.90 Å². The fourth-order valence-electron chi connectivity index (χ4n) is 2.02. The summed E-state index contributed by atoms with van der Waals surface area (Å²) < 4.78 is 0. The molecule has 1 aliphatic rings. The quantitative estimate of drug-likeness (QED) is 0.893. The van der Waals surface area contributed by atoms with Crippen LogP contribution in [0.5, 0.6) is 0 Å². The predicted molar refractivity (Wildman–Crippen MR) is 69.8 cm³/mol. The maximum atomic E-state index is 11.9. The van der Waals surface area contributed by atoms with Gasteiger partial charge in [0.05, 0.1) is 6.54 Å². The molecule has 1 saturated heterocycles. The summed E-state index contributed by atoms with van der Waals surface area (Å²) in [4.78, 5) is 15.1. The number of nitrogens with zero attached hydrogens (tertiary/aromatic N) is 1. The largest absolute Gasteiger partial charge is 0.317 e. The fraction of sp³-hybridized carbons (Fsp3) is 0.545. The second-order valence-electron chi connectivity index (χ2n) is 3.90. The number of hydrogen-bond acceptors (Lipinski definition) is 4. The van der Waals surface area contributed by atoms with Crippen molar-refractivity contribution in [1.82, 2.24) is 10.2 Å². The van der Waals surface area contributed by atoms with E-state index >= 15 is 0 Å². The highest BCUT2D eigenvalue weighted by Crippen LogP contribution is 2.28. The molecule has 16 heavy (non-hydrogen) atoms. The number of nitrogens with one attached hydrogen (secondary N) is 1. The third-order valence-corrected chi connectivity index (χ3v) is 4.45. The zero-order valence-corrected chi connectivity index (χ0v) is 11.1. The molecule has 1 aromatic heterocycles. The molecule has 1 aromatic rings. The van der Waals surface area contributed by atoms with E-state index in [1.165, 1.54) is 4.88 Å². The summed E-state index contributed by atoms with van der Waals surface area (Å²) >= 11 is 3.48. The molecule has 1 N–H and O–H groups in total. The summed E-state index contributed by atoms with van der Waals surface area (Å²) in [6.07, 6.45) is 2.15. The fourth-order valence-corrected chi connectivity index (χ4v) is 3.46. The normalized spacial score (nSPS) is 22.8. The molecule has 3 nitrogen and oxygen atoms in total. The minimum absolute atomic E-state index is 0.0784. The first-order valence-corrected chi connectivity index (χ1v) is 7.58. The highest BCUT2D eigenvalue weighted by molar-refractivity contribution is 7.98. The third kappa shape index (κ3) is 2.26. The zero-order valence-electron chi connectivity index (χ0n) is 9.47. The average molecular weight is 256 g/mol. The lowest BCUT2D eigenvalue weighted by Crippen LogP contribution is -2.39. The predicted octanol–water partition coefficient (Wildman–Crippen LogP) is 1.93. The highest BCUT2D eigenvalue weighted by atomic mass is 32.2. The monoisotopic (exact) mass is 256 g/mol. The summed E-state index contributed by atoms with van der Waals surface area (Å²) in [6.45, 7) is 2.57. The van der Waals surface area contributed by atoms with Crippen molar-refractivity contribution in [3.05, 3.63) is 22.4 Å². The van der Waals surface area contributed by atoms with Gasteiger partial charge in [0.1, 0.15) is 6.17 Å². The number of thioether (sulfide) groups is 1. The van der Waals surface area contributed by atoms with Crippen LogP contribution in [0.15, 0.2) is 17.5 Å². The molecule has 0 saturated carbocycles. The van der Waals surface area contributed by atoms with E-state index in [0.717, 1.165) is 5.75 Å². The smallest absolute Gasteiger partial charge is 0.238 e. The standard InChI is InChI=1S/C11H16N2OS2/c1-8(7-15-2)13-10(14)6-12-11(13)9-4-3-5-16-9/h3-5,8,11-12H,6-7H2,1-2H3. The maximum absolute atomic E-state index is 11.9. The topological polar surface area (TPSA) is 32.3 Å². The molecule has 0 aliphatic carbocycles. The number of carbonyl (C=O) groups is 1. The van der Waals surface area contributed by atoms with Crippen LogP contribution in [-0.4, -0.2) is 35.4 Å². The molecule has 0 bridgehead atoms. The molecule has 0 spiro atoms. The van der Waals surface area contributed by atoms with E-state index in [1.54, 1.807) is 23.1 Å². The number of thiophene rings is 1. The first-order valence-electron chi connectivity index (χ1n) is 5.31. The lowest BCUT2D eigenvalue weighted by molar-refractivity contribution is -0.129. The van der Waals surface area contributed by atoms with Crippen molar-refractivity contribution < 1.29 is 4.79 Å². The second kappa shape index (κ2) is 5.21. The van der Waals surface area contributed by atoms with Gasteiger partial charge in [-0.1, -0.05) is 6.07 Å². The molecule has 2 heterocycles. The first kappa shape index (κ1) is 12.0. The molecular formula is C11H16N2OS2. The molecule has 1 aliphatic heterocycles. The Balaban J connectivity index is 2.16.